The van der Waals surface area contributed by atoms with Crippen molar-refractivity contribution in [1.29, 1.82) is 0 Å². The van der Waals surface area contributed by atoms with E-state index in [1.807, 2.05) is 22.9 Å². The summed E-state index contributed by atoms with van der Waals surface area (Å²) in [7, 11) is 0. The third-order valence-corrected chi connectivity index (χ3v) is 4.47. The molecule has 0 aliphatic carbocycles. The van der Waals surface area contributed by atoms with Crippen LogP contribution in [0.4, 0.5) is 0 Å². The molecule has 0 aliphatic heterocycles. The normalized spacial score (nSPS) is 11.3. The predicted octanol–water partition coefficient (Wildman–Crippen LogP) is 4.28. The fraction of sp³-hybridized carbons (Fsp3) is 0.227. The maximum absolute atomic E-state index is 12.0. The van der Waals surface area contributed by atoms with Crippen LogP contribution in [0.5, 0.6) is 0 Å². The van der Waals surface area contributed by atoms with Gasteiger partial charge in [-0.05, 0) is 39.8 Å². The zero-order chi connectivity index (χ0) is 18.7. The van der Waals surface area contributed by atoms with Gasteiger partial charge in [0.25, 0.3) is 0 Å². The number of hydrogen-bond donors (Lipinski definition) is 0. The quantitative estimate of drug-likeness (QED) is 0.394. The highest BCUT2D eigenvalue weighted by Crippen LogP contribution is 2.27. The third kappa shape index (κ3) is 3.80. The molecule has 0 radical (unpaired) electrons. The van der Waals surface area contributed by atoms with E-state index in [2.05, 4.69) is 50.0 Å². The monoisotopic (exact) mass is 346 g/mol. The molecule has 0 spiro atoms. The number of imidazole rings is 1. The Morgan fingerprint density at radius 2 is 1.77 bits per heavy atom. The number of Topliss-reactive ketones (excluding diaryl/α,β-unsaturated/α-hetero) is 1. The minimum absolute atomic E-state index is 0.103. The van der Waals surface area contributed by atoms with E-state index in [0.29, 0.717) is 18.4 Å². The van der Waals surface area contributed by atoms with Crippen molar-refractivity contribution in [2.75, 3.05) is 0 Å². The number of ketones is 1. The standard InChI is InChI=1S/C22H22N2O2/c1-22(2,3)19-7-4-16(5-8-19)17-6-9-20(21(26)14-25)18(12-17)13-24-11-10-23-15-24/h4-12,14-15H,13H2,1-3H3. The van der Waals surface area contributed by atoms with Crippen LogP contribution in [0.15, 0.2) is 61.2 Å². The molecule has 0 unspecified atom stereocenters. The molecule has 0 N–H and O–H groups in total. The summed E-state index contributed by atoms with van der Waals surface area (Å²) < 4.78 is 1.88. The molecule has 4 nitrogen and oxygen atoms in total. The van der Waals surface area contributed by atoms with Gasteiger partial charge in [-0.15, -0.1) is 0 Å². The lowest BCUT2D eigenvalue weighted by Gasteiger charge is -2.19. The molecule has 0 saturated heterocycles. The Morgan fingerprint density at radius 1 is 1.08 bits per heavy atom. The van der Waals surface area contributed by atoms with Gasteiger partial charge in [0.1, 0.15) is 0 Å². The summed E-state index contributed by atoms with van der Waals surface area (Å²) >= 11 is 0. The van der Waals surface area contributed by atoms with E-state index >= 15 is 0 Å². The van der Waals surface area contributed by atoms with Crippen molar-refractivity contribution in [3.05, 3.63) is 77.9 Å². The second kappa shape index (κ2) is 7.08. The molecule has 26 heavy (non-hydrogen) atoms. The Kier molecular flexibility index (Phi) is 4.85. The topological polar surface area (TPSA) is 52.0 Å². The van der Waals surface area contributed by atoms with Crippen molar-refractivity contribution in [3.63, 3.8) is 0 Å². The number of hydrogen-bond acceptors (Lipinski definition) is 3. The molecule has 0 aliphatic rings. The Labute approximate surface area is 153 Å². The van der Waals surface area contributed by atoms with Gasteiger partial charge < -0.3 is 4.57 Å². The van der Waals surface area contributed by atoms with Crippen LogP contribution in [-0.2, 0) is 16.8 Å². The summed E-state index contributed by atoms with van der Waals surface area (Å²) in [5.74, 6) is -0.505. The largest absolute Gasteiger partial charge is 0.333 e. The zero-order valence-corrected chi connectivity index (χ0v) is 15.3. The van der Waals surface area contributed by atoms with Gasteiger partial charge in [0.15, 0.2) is 6.29 Å². The van der Waals surface area contributed by atoms with Crippen molar-refractivity contribution in [2.45, 2.75) is 32.7 Å². The maximum Gasteiger partial charge on any atom is 0.225 e. The van der Waals surface area contributed by atoms with Crippen LogP contribution in [-0.4, -0.2) is 21.6 Å². The lowest BCUT2D eigenvalue weighted by atomic mass is 9.86. The van der Waals surface area contributed by atoms with Crippen molar-refractivity contribution in [2.24, 2.45) is 0 Å². The highest BCUT2D eigenvalue weighted by atomic mass is 16.2. The van der Waals surface area contributed by atoms with Crippen LogP contribution in [0.1, 0.15) is 42.3 Å². The van der Waals surface area contributed by atoms with Crippen LogP contribution in [0, 0.1) is 0 Å². The first-order valence-electron chi connectivity index (χ1n) is 8.57. The molecule has 132 valence electrons. The number of aldehydes is 1. The third-order valence-electron chi connectivity index (χ3n) is 4.47. The molecule has 3 aromatic rings. The molecule has 4 heteroatoms. The van der Waals surface area contributed by atoms with Crippen LogP contribution >= 0.6 is 0 Å². The summed E-state index contributed by atoms with van der Waals surface area (Å²) in [6, 6.07) is 14.1. The highest BCUT2D eigenvalue weighted by molar-refractivity contribution is 6.33. The number of nitrogens with zero attached hydrogens (tertiary/aromatic N) is 2. The summed E-state index contributed by atoms with van der Waals surface area (Å²) in [5, 5.41) is 0. The Morgan fingerprint density at radius 3 is 2.35 bits per heavy atom. The van der Waals surface area contributed by atoms with Crippen LogP contribution in [0.3, 0.4) is 0 Å². The fourth-order valence-corrected chi connectivity index (χ4v) is 2.95. The molecule has 1 heterocycles. The lowest BCUT2D eigenvalue weighted by molar-refractivity contribution is -0.104. The van der Waals surface area contributed by atoms with Gasteiger partial charge in [-0.25, -0.2) is 4.98 Å². The second-order valence-corrected chi connectivity index (χ2v) is 7.42. The first-order valence-corrected chi connectivity index (χ1v) is 8.57. The Bertz CT molecular complexity index is 918. The Balaban J connectivity index is 2.00. The minimum atomic E-state index is -0.505. The van der Waals surface area contributed by atoms with Gasteiger partial charge in [0.2, 0.25) is 5.78 Å². The van der Waals surface area contributed by atoms with Crippen molar-refractivity contribution in [1.82, 2.24) is 9.55 Å². The van der Waals surface area contributed by atoms with Gasteiger partial charge in [0.05, 0.1) is 6.33 Å². The smallest absolute Gasteiger partial charge is 0.225 e. The van der Waals surface area contributed by atoms with Crippen molar-refractivity contribution >= 4 is 12.1 Å². The van der Waals surface area contributed by atoms with E-state index in [1.54, 1.807) is 18.6 Å². The molecule has 0 bridgehead atoms. The highest BCUT2D eigenvalue weighted by Gasteiger charge is 2.15. The van der Waals surface area contributed by atoms with Gasteiger partial charge in [0, 0.05) is 24.5 Å². The first kappa shape index (κ1) is 17.8. The molecule has 2 aromatic carbocycles. The van der Waals surface area contributed by atoms with E-state index < -0.39 is 5.78 Å². The average Bonchev–Trinajstić information content (AvgIpc) is 3.13. The van der Waals surface area contributed by atoms with E-state index in [9.17, 15) is 9.59 Å². The molecule has 0 amide bonds. The number of carbonyl (C=O) groups excluding carboxylic acids is 2. The molecule has 0 atom stereocenters. The first-order chi connectivity index (χ1) is 12.4. The SMILES string of the molecule is CC(C)(C)c1ccc(-c2ccc(C(=O)C=O)c(Cn3ccnc3)c2)cc1. The van der Waals surface area contributed by atoms with E-state index in [0.717, 1.165) is 16.7 Å². The molecule has 0 saturated carbocycles. The molecule has 3 rings (SSSR count). The molecular formula is C22H22N2O2. The Hall–Kier alpha value is -3.01. The number of carbonyl (C=O) groups is 2. The van der Waals surface area contributed by atoms with E-state index in [-0.39, 0.29) is 5.41 Å². The van der Waals surface area contributed by atoms with E-state index in [4.69, 9.17) is 0 Å². The van der Waals surface area contributed by atoms with Gasteiger partial charge >= 0.3 is 0 Å². The second-order valence-electron chi connectivity index (χ2n) is 7.42. The predicted molar refractivity (Wildman–Crippen MR) is 102 cm³/mol. The number of benzene rings is 2. The van der Waals surface area contributed by atoms with Crippen molar-refractivity contribution in [3.8, 4) is 11.1 Å². The lowest BCUT2D eigenvalue weighted by Crippen LogP contribution is -2.10. The summed E-state index contributed by atoms with van der Waals surface area (Å²) in [5.41, 5.74) is 4.71. The van der Waals surface area contributed by atoms with Gasteiger partial charge in [-0.2, -0.15) is 0 Å². The zero-order valence-electron chi connectivity index (χ0n) is 15.3. The van der Waals surface area contributed by atoms with Gasteiger partial charge in [-0.1, -0.05) is 51.1 Å². The van der Waals surface area contributed by atoms with Gasteiger partial charge in [-0.3, -0.25) is 9.59 Å². The summed E-state index contributed by atoms with van der Waals surface area (Å²) in [4.78, 5) is 27.0. The summed E-state index contributed by atoms with van der Waals surface area (Å²) in [6.45, 7) is 7.05. The molecule has 0 fully saturated rings. The number of rotatable bonds is 5. The molecule has 1 aromatic heterocycles. The fourth-order valence-electron chi connectivity index (χ4n) is 2.95. The average molecular weight is 346 g/mol. The van der Waals surface area contributed by atoms with E-state index in [1.165, 1.54) is 5.56 Å². The van der Waals surface area contributed by atoms with Crippen LogP contribution < -0.4 is 0 Å². The number of aromatic nitrogens is 2. The minimum Gasteiger partial charge on any atom is -0.333 e. The van der Waals surface area contributed by atoms with Crippen LogP contribution in [0.2, 0.25) is 0 Å². The van der Waals surface area contributed by atoms with Crippen molar-refractivity contribution < 1.29 is 9.59 Å². The summed E-state index contributed by atoms with van der Waals surface area (Å²) in [6.07, 6.45) is 5.58. The molecular weight excluding hydrogens is 324 g/mol. The van der Waals surface area contributed by atoms with Crippen LogP contribution in [0.25, 0.3) is 11.1 Å². The maximum atomic E-state index is 12.0.